The van der Waals surface area contributed by atoms with Crippen LogP contribution >= 0.6 is 0 Å². The quantitative estimate of drug-likeness (QED) is 0.700. The Bertz CT molecular complexity index is 1060. The summed E-state index contributed by atoms with van der Waals surface area (Å²) >= 11 is 0. The summed E-state index contributed by atoms with van der Waals surface area (Å²) in [6, 6.07) is 15.2. The van der Waals surface area contributed by atoms with Crippen molar-refractivity contribution in [1.29, 1.82) is 0 Å². The first kappa shape index (κ1) is 19.8. The third kappa shape index (κ3) is 4.40. The van der Waals surface area contributed by atoms with Gasteiger partial charge >= 0.3 is 0 Å². The zero-order chi connectivity index (χ0) is 21.1. The number of nitrogens with one attached hydrogen (secondary N) is 1. The van der Waals surface area contributed by atoms with Crippen molar-refractivity contribution in [2.75, 3.05) is 18.4 Å². The maximum absolute atomic E-state index is 13.4. The highest BCUT2D eigenvalue weighted by Gasteiger charge is 2.30. The molecule has 30 heavy (non-hydrogen) atoms. The number of amides is 2. The zero-order valence-electron chi connectivity index (χ0n) is 16.6. The second kappa shape index (κ2) is 8.49. The molecule has 1 atom stereocenters. The van der Waals surface area contributed by atoms with Gasteiger partial charge in [0.25, 0.3) is 5.91 Å². The van der Waals surface area contributed by atoms with Crippen LogP contribution < -0.4 is 5.32 Å². The van der Waals surface area contributed by atoms with Crippen LogP contribution in [0.2, 0.25) is 0 Å². The molecule has 2 aromatic carbocycles. The Morgan fingerprint density at radius 2 is 1.93 bits per heavy atom. The number of anilines is 1. The standard InChI is InChI=1S/C23H22FN3O3/c1-15-12-21(26-30-15)23(29)27-11-3-5-18(14-27)22(28)25-20-9-7-16(8-10-20)17-4-2-6-19(24)13-17/h2,4,6-10,12-13,18H,3,5,11,14H2,1H3,(H,25,28)/t18-/m1/s1. The van der Waals surface area contributed by atoms with Crippen molar-refractivity contribution in [3.8, 4) is 11.1 Å². The Hall–Kier alpha value is -3.48. The topological polar surface area (TPSA) is 75.4 Å². The van der Waals surface area contributed by atoms with Crippen molar-refractivity contribution in [1.82, 2.24) is 10.1 Å². The highest BCUT2D eigenvalue weighted by atomic mass is 19.1. The Labute approximate surface area is 173 Å². The molecule has 0 saturated carbocycles. The zero-order valence-corrected chi connectivity index (χ0v) is 16.6. The minimum Gasteiger partial charge on any atom is -0.361 e. The van der Waals surface area contributed by atoms with Gasteiger partial charge in [0.2, 0.25) is 5.91 Å². The summed E-state index contributed by atoms with van der Waals surface area (Å²) in [5.41, 5.74) is 2.57. The average molecular weight is 407 g/mol. The maximum atomic E-state index is 13.4. The minimum absolute atomic E-state index is 0.123. The number of likely N-dealkylation sites (tertiary alicyclic amines) is 1. The normalized spacial score (nSPS) is 16.3. The number of hydrogen-bond acceptors (Lipinski definition) is 4. The third-order valence-electron chi connectivity index (χ3n) is 5.24. The van der Waals surface area contributed by atoms with Crippen LogP contribution in [0, 0.1) is 18.7 Å². The molecule has 1 fully saturated rings. The molecule has 1 aromatic heterocycles. The summed E-state index contributed by atoms with van der Waals surface area (Å²) in [4.78, 5) is 27.0. The van der Waals surface area contributed by atoms with E-state index in [0.717, 1.165) is 24.0 Å². The lowest BCUT2D eigenvalue weighted by Gasteiger charge is -2.31. The van der Waals surface area contributed by atoms with E-state index in [2.05, 4.69) is 10.5 Å². The van der Waals surface area contributed by atoms with Crippen LogP contribution in [0.15, 0.2) is 59.1 Å². The van der Waals surface area contributed by atoms with Gasteiger partial charge in [0.1, 0.15) is 11.6 Å². The summed E-state index contributed by atoms with van der Waals surface area (Å²) in [6.45, 7) is 2.67. The minimum atomic E-state index is -0.293. The van der Waals surface area contributed by atoms with Crippen LogP contribution in [0.25, 0.3) is 11.1 Å². The summed E-state index contributed by atoms with van der Waals surface area (Å²) in [7, 11) is 0. The Kier molecular flexibility index (Phi) is 5.61. The summed E-state index contributed by atoms with van der Waals surface area (Å²) in [5, 5.41) is 6.70. The molecule has 4 rings (SSSR count). The van der Waals surface area contributed by atoms with Crippen LogP contribution in [0.4, 0.5) is 10.1 Å². The smallest absolute Gasteiger partial charge is 0.276 e. The van der Waals surface area contributed by atoms with Crippen molar-refractivity contribution in [2.24, 2.45) is 5.92 Å². The number of carbonyl (C=O) groups excluding carboxylic acids is 2. The molecular formula is C23H22FN3O3. The average Bonchev–Trinajstić information content (AvgIpc) is 3.20. The molecule has 1 N–H and O–H groups in total. The number of nitrogens with zero attached hydrogens (tertiary/aromatic N) is 2. The first-order chi connectivity index (χ1) is 14.5. The maximum Gasteiger partial charge on any atom is 0.276 e. The summed E-state index contributed by atoms with van der Waals surface area (Å²) in [6.07, 6.45) is 1.47. The van der Waals surface area contributed by atoms with E-state index < -0.39 is 0 Å². The lowest BCUT2D eigenvalue weighted by molar-refractivity contribution is -0.121. The fourth-order valence-electron chi connectivity index (χ4n) is 3.66. The lowest BCUT2D eigenvalue weighted by Crippen LogP contribution is -2.43. The molecule has 3 aromatic rings. The first-order valence-electron chi connectivity index (χ1n) is 9.89. The van der Waals surface area contributed by atoms with Gasteiger partial charge in [-0.05, 0) is 55.2 Å². The second-order valence-corrected chi connectivity index (χ2v) is 7.49. The van der Waals surface area contributed by atoms with Crippen LogP contribution in [-0.4, -0.2) is 35.0 Å². The van der Waals surface area contributed by atoms with E-state index in [9.17, 15) is 14.0 Å². The van der Waals surface area contributed by atoms with Crippen LogP contribution in [0.3, 0.4) is 0 Å². The molecular weight excluding hydrogens is 385 g/mol. The molecule has 1 aliphatic rings. The van der Waals surface area contributed by atoms with E-state index in [0.29, 0.717) is 24.5 Å². The van der Waals surface area contributed by atoms with Gasteiger partial charge in [-0.2, -0.15) is 0 Å². The molecule has 2 amide bonds. The fourth-order valence-corrected chi connectivity index (χ4v) is 3.66. The number of rotatable bonds is 4. The van der Waals surface area contributed by atoms with Crippen molar-refractivity contribution in [3.05, 3.63) is 71.9 Å². The van der Waals surface area contributed by atoms with Gasteiger partial charge in [-0.15, -0.1) is 0 Å². The van der Waals surface area contributed by atoms with Gasteiger partial charge in [0, 0.05) is 24.8 Å². The number of halogens is 1. The van der Waals surface area contributed by atoms with Crippen LogP contribution in [0.1, 0.15) is 29.1 Å². The number of aromatic nitrogens is 1. The molecule has 0 radical (unpaired) electrons. The summed E-state index contributed by atoms with van der Waals surface area (Å²) < 4.78 is 18.4. The molecule has 0 bridgehead atoms. The van der Waals surface area contributed by atoms with Gasteiger partial charge in [-0.1, -0.05) is 29.4 Å². The summed E-state index contributed by atoms with van der Waals surface area (Å²) in [5.74, 6) is -0.349. The van der Waals surface area contributed by atoms with Crippen LogP contribution in [0.5, 0.6) is 0 Å². The Balaban J connectivity index is 1.39. The fraction of sp³-hybridized carbons (Fsp3) is 0.261. The molecule has 0 unspecified atom stereocenters. The molecule has 154 valence electrons. The monoisotopic (exact) mass is 407 g/mol. The van der Waals surface area contributed by atoms with Gasteiger partial charge in [-0.3, -0.25) is 9.59 Å². The van der Waals surface area contributed by atoms with Crippen molar-refractivity contribution in [2.45, 2.75) is 19.8 Å². The molecule has 0 aliphatic carbocycles. The van der Waals surface area contributed by atoms with Crippen molar-refractivity contribution in [3.63, 3.8) is 0 Å². The molecule has 1 aliphatic heterocycles. The first-order valence-corrected chi connectivity index (χ1v) is 9.89. The molecule has 7 heteroatoms. The van der Waals surface area contributed by atoms with E-state index in [1.54, 1.807) is 36.1 Å². The largest absolute Gasteiger partial charge is 0.361 e. The second-order valence-electron chi connectivity index (χ2n) is 7.49. The lowest BCUT2D eigenvalue weighted by atomic mass is 9.96. The Morgan fingerprint density at radius 3 is 2.63 bits per heavy atom. The van der Waals surface area contributed by atoms with E-state index in [4.69, 9.17) is 4.52 Å². The number of aryl methyl sites for hydroxylation is 1. The molecule has 2 heterocycles. The third-order valence-corrected chi connectivity index (χ3v) is 5.24. The number of carbonyl (C=O) groups is 2. The van der Waals surface area contributed by atoms with E-state index in [1.807, 2.05) is 18.2 Å². The van der Waals surface area contributed by atoms with Crippen LogP contribution in [-0.2, 0) is 4.79 Å². The van der Waals surface area contributed by atoms with Gasteiger partial charge in [0.15, 0.2) is 5.69 Å². The van der Waals surface area contributed by atoms with E-state index >= 15 is 0 Å². The molecule has 6 nitrogen and oxygen atoms in total. The van der Waals surface area contributed by atoms with Gasteiger partial charge < -0.3 is 14.7 Å². The van der Waals surface area contributed by atoms with E-state index in [1.165, 1.54) is 12.1 Å². The Morgan fingerprint density at radius 1 is 1.13 bits per heavy atom. The molecule has 1 saturated heterocycles. The van der Waals surface area contributed by atoms with Gasteiger partial charge in [0.05, 0.1) is 5.92 Å². The van der Waals surface area contributed by atoms with Crippen molar-refractivity contribution >= 4 is 17.5 Å². The highest BCUT2D eigenvalue weighted by Crippen LogP contribution is 2.24. The predicted molar refractivity (Wildman–Crippen MR) is 110 cm³/mol. The van der Waals surface area contributed by atoms with E-state index in [-0.39, 0.29) is 29.2 Å². The van der Waals surface area contributed by atoms with Gasteiger partial charge in [-0.25, -0.2) is 4.39 Å². The number of hydrogen-bond donors (Lipinski definition) is 1. The SMILES string of the molecule is Cc1cc(C(=O)N2CCC[C@@H](C(=O)Nc3ccc(-c4cccc(F)c4)cc3)C2)no1. The number of benzene rings is 2. The predicted octanol–water partition coefficient (Wildman–Crippen LogP) is 4.28. The highest BCUT2D eigenvalue weighted by molar-refractivity contribution is 5.95. The van der Waals surface area contributed by atoms with Crippen molar-refractivity contribution < 1.29 is 18.5 Å². The number of piperidine rings is 1. The molecule has 0 spiro atoms.